The van der Waals surface area contributed by atoms with Gasteiger partial charge < -0.3 is 9.40 Å². The van der Waals surface area contributed by atoms with Crippen molar-refractivity contribution >= 4 is 39.3 Å². The number of para-hydroxylation sites is 2. The van der Waals surface area contributed by atoms with E-state index in [2.05, 4.69) is 41.3 Å². The van der Waals surface area contributed by atoms with Gasteiger partial charge in [0.05, 0.1) is 0 Å². The first-order valence-electron chi connectivity index (χ1n) is 12.1. The monoisotopic (exact) mass is 670 g/mol. The van der Waals surface area contributed by atoms with E-state index in [9.17, 15) is 0 Å². The van der Waals surface area contributed by atoms with Gasteiger partial charge in [0.15, 0.2) is 0 Å². The number of nitrogens with zero attached hydrogens (tertiary/aromatic N) is 3. The molecule has 7 rings (SSSR count). The number of benzene rings is 4. The van der Waals surface area contributed by atoms with Crippen molar-refractivity contribution in [3.63, 3.8) is 0 Å². The molecule has 0 atom stereocenters. The van der Waals surface area contributed by atoms with E-state index in [1.165, 1.54) is 5.56 Å². The van der Waals surface area contributed by atoms with Gasteiger partial charge in [-0.2, -0.15) is 6.07 Å². The summed E-state index contributed by atoms with van der Waals surface area (Å²) in [5.74, 6) is 0. The predicted molar refractivity (Wildman–Crippen MR) is 146 cm³/mol. The third-order valence-electron chi connectivity index (χ3n) is 6.05. The van der Waals surface area contributed by atoms with Gasteiger partial charge in [-0.3, -0.25) is 0 Å². The molecule has 0 fully saturated rings. The molecule has 0 saturated heterocycles. The first-order valence-corrected chi connectivity index (χ1v) is 12.1. The summed E-state index contributed by atoms with van der Waals surface area (Å²) in [5, 5.41) is 2.20. The zero-order chi connectivity index (χ0) is 25.0. The first kappa shape index (κ1) is 25.3. The van der Waals surface area contributed by atoms with Gasteiger partial charge in [0.25, 0.3) is 12.4 Å². The Labute approximate surface area is 234 Å². The van der Waals surface area contributed by atoms with E-state index in [0.717, 1.165) is 44.6 Å². The maximum Gasteiger partial charge on any atom is 0.499 e. The molecule has 2 aromatic heterocycles. The second kappa shape index (κ2) is 11.3. The van der Waals surface area contributed by atoms with Crippen LogP contribution in [0.5, 0.6) is 0 Å². The third-order valence-corrected chi connectivity index (χ3v) is 6.05. The first-order chi connectivity index (χ1) is 18.2. The number of aryl methyl sites for hydroxylation is 1. The molecular weight excluding hydrogens is 647 g/mol. The topological polar surface area (TPSA) is 32.0 Å². The van der Waals surface area contributed by atoms with Crippen LogP contribution in [0.15, 0.2) is 126 Å². The van der Waals surface area contributed by atoms with Crippen LogP contribution in [0.3, 0.4) is 0 Å². The Morgan fingerprint density at radius 3 is 2.34 bits per heavy atom. The van der Waals surface area contributed by atoms with Crippen molar-refractivity contribution in [3.8, 4) is 11.3 Å². The van der Waals surface area contributed by atoms with Gasteiger partial charge in [-0.1, -0.05) is 75.2 Å². The summed E-state index contributed by atoms with van der Waals surface area (Å²) in [6.45, 7) is 2.03. The number of fused-ring (bicyclic) bond motifs is 3. The molecule has 0 N–H and O–H groups in total. The van der Waals surface area contributed by atoms with Crippen molar-refractivity contribution in [1.82, 2.24) is 4.98 Å². The molecule has 0 aliphatic carbocycles. The number of rotatable bonds is 3. The molecule has 3 heterocycles. The Kier molecular flexibility index (Phi) is 7.53. The maximum absolute atomic E-state index is 5.92. The Balaban J connectivity index is 0.000000179. The van der Waals surface area contributed by atoms with E-state index < -0.39 is 0 Å². The SMILES string of the molecule is C1=[N+](c2[c-]c3oc4ccccc4c3cc2)C=C[N+]=1c1ccccc1.Cc1ccc(-c2[c-]cccc2)nc1.[Ir]. The molecule has 185 valence electrons. The fraction of sp³-hybridized carbons (Fsp3) is 0.0303. The largest absolute Gasteiger partial charge is 0.499 e. The zero-order valence-corrected chi connectivity index (χ0v) is 23.0. The van der Waals surface area contributed by atoms with Crippen molar-refractivity contribution in [2.75, 3.05) is 0 Å². The number of furan rings is 1. The molecule has 0 saturated carbocycles. The van der Waals surface area contributed by atoms with Gasteiger partial charge in [0.2, 0.25) is 5.69 Å². The smallest absolute Gasteiger partial charge is 0.483 e. The van der Waals surface area contributed by atoms with Gasteiger partial charge in [-0.05, 0) is 29.6 Å². The van der Waals surface area contributed by atoms with Crippen LogP contribution in [0.4, 0.5) is 11.4 Å². The van der Waals surface area contributed by atoms with Crippen LogP contribution in [0.1, 0.15) is 5.56 Å². The van der Waals surface area contributed by atoms with E-state index in [1.54, 1.807) is 0 Å². The molecule has 1 radical (unpaired) electrons. The van der Waals surface area contributed by atoms with Crippen LogP contribution in [0.2, 0.25) is 0 Å². The normalized spacial score (nSPS) is 11.9. The molecule has 4 aromatic carbocycles. The molecule has 6 aromatic rings. The number of hydrogen-bond donors (Lipinski definition) is 0. The maximum atomic E-state index is 5.92. The predicted octanol–water partition coefficient (Wildman–Crippen LogP) is 7.89. The second-order valence-electron chi connectivity index (χ2n) is 8.66. The van der Waals surface area contributed by atoms with E-state index in [4.69, 9.17) is 4.42 Å². The van der Waals surface area contributed by atoms with E-state index in [0.29, 0.717) is 0 Å². The molecular formula is C33H23IrN3O. The van der Waals surface area contributed by atoms with Crippen LogP contribution >= 0.6 is 0 Å². The molecule has 0 unspecified atom stereocenters. The molecule has 1 aliphatic rings. The Bertz CT molecular complexity index is 1800. The average molecular weight is 670 g/mol. The van der Waals surface area contributed by atoms with Crippen LogP contribution in [-0.2, 0) is 20.1 Å². The number of hydrogen-bond acceptors (Lipinski definition) is 2. The molecule has 4 nitrogen and oxygen atoms in total. The fourth-order valence-corrected chi connectivity index (χ4v) is 4.15. The molecule has 0 spiro atoms. The van der Waals surface area contributed by atoms with Crippen molar-refractivity contribution in [3.05, 3.63) is 139 Å². The van der Waals surface area contributed by atoms with Crippen molar-refractivity contribution in [1.29, 1.82) is 0 Å². The van der Waals surface area contributed by atoms with Crippen LogP contribution < -0.4 is 0 Å². The minimum absolute atomic E-state index is 0. The van der Waals surface area contributed by atoms with E-state index in [-0.39, 0.29) is 20.1 Å². The summed E-state index contributed by atoms with van der Waals surface area (Å²) in [4.78, 5) is 4.32. The van der Waals surface area contributed by atoms with Crippen LogP contribution in [-0.4, -0.2) is 20.1 Å². The Morgan fingerprint density at radius 1 is 0.763 bits per heavy atom. The van der Waals surface area contributed by atoms with Crippen molar-refractivity contribution in [2.24, 2.45) is 0 Å². The molecule has 1 aliphatic heterocycles. The average Bonchev–Trinajstić information content (AvgIpc) is 3.60. The summed E-state index contributed by atoms with van der Waals surface area (Å²) in [7, 11) is 0. The summed E-state index contributed by atoms with van der Waals surface area (Å²) in [5.41, 5.74) is 6.82. The van der Waals surface area contributed by atoms with Crippen molar-refractivity contribution < 1.29 is 33.7 Å². The molecule has 0 amide bonds. The second-order valence-corrected chi connectivity index (χ2v) is 8.66. The van der Waals surface area contributed by atoms with E-state index in [1.807, 2.05) is 120 Å². The summed E-state index contributed by atoms with van der Waals surface area (Å²) >= 11 is 0. The quantitative estimate of drug-likeness (QED) is 0.142. The molecule has 5 heteroatoms. The Hall–Kier alpha value is -4.40. The van der Waals surface area contributed by atoms with E-state index >= 15 is 0 Å². The van der Waals surface area contributed by atoms with Gasteiger partial charge in [-0.25, -0.2) is 0 Å². The Morgan fingerprint density at radius 2 is 1.55 bits per heavy atom. The molecule has 0 bridgehead atoms. The van der Waals surface area contributed by atoms with Gasteiger partial charge in [0.1, 0.15) is 11.3 Å². The summed E-state index contributed by atoms with van der Waals surface area (Å²) in [6.07, 6.45) is 5.81. The zero-order valence-electron chi connectivity index (χ0n) is 20.6. The molecule has 38 heavy (non-hydrogen) atoms. The van der Waals surface area contributed by atoms with Gasteiger partial charge in [-0.15, -0.1) is 35.9 Å². The minimum atomic E-state index is 0. The third kappa shape index (κ3) is 5.32. The van der Waals surface area contributed by atoms with Gasteiger partial charge >= 0.3 is 6.01 Å². The number of pyridine rings is 1. The standard InChI is InChI=1S/C21H13N2O.C12H10N.Ir/c1-2-6-16(7-3-1)22-12-13-23(15-22)17-10-11-19-18-8-4-5-9-20(18)24-21(19)14-17;1-10-7-8-12(13-9-10)11-5-3-2-4-6-11;/h1-13H;2-5,7-9H,1H3;/q+1;-1;. The van der Waals surface area contributed by atoms with Crippen molar-refractivity contribution in [2.45, 2.75) is 6.92 Å². The summed E-state index contributed by atoms with van der Waals surface area (Å²) < 4.78 is 9.79. The van der Waals surface area contributed by atoms with Crippen LogP contribution in [0, 0.1) is 19.1 Å². The fourth-order valence-electron chi connectivity index (χ4n) is 4.15. The summed E-state index contributed by atoms with van der Waals surface area (Å²) in [6, 6.07) is 44.0. The number of aromatic nitrogens is 1. The van der Waals surface area contributed by atoms with Gasteiger partial charge in [0, 0.05) is 44.0 Å². The minimum Gasteiger partial charge on any atom is -0.483 e. The van der Waals surface area contributed by atoms with Crippen LogP contribution in [0.25, 0.3) is 33.2 Å².